The summed E-state index contributed by atoms with van der Waals surface area (Å²) in [7, 11) is 0. The Hall–Kier alpha value is -6.40. The van der Waals surface area contributed by atoms with Crippen LogP contribution >= 0.6 is 23.5 Å². The summed E-state index contributed by atoms with van der Waals surface area (Å²) in [5.41, 5.74) is 6.38. The standard InChI is InChI=1S/C61H67N3O6S2/c1-43(2)39-52-58(68)63-53(42-72-61(48-31-17-8-18-32-48,49-33-19-9-20-34-49)50-35-21-10-22-36-50)59(69)64-57(44(3)4)54(65)41-56(67)70-51(40-55(66)62-52)37-23-24-38-71-60(45-25-11-5-12-26-45,46-27-13-6-14-28-46)47-29-15-7-16-30-47/h5-23,25-37,43-44,51-54,57,65H,24,38-42H2,1-4H3,(H,62,66)(H,63,68)(H,64,69)/b37-23+/t51-,52-,53-,54-,57-/m1/s1. The first kappa shape index (κ1) is 53.4. The first-order valence-electron chi connectivity index (χ1n) is 25.0. The van der Waals surface area contributed by atoms with E-state index >= 15 is 0 Å². The van der Waals surface area contributed by atoms with E-state index < -0.39 is 69.9 Å². The van der Waals surface area contributed by atoms with Crippen LogP contribution in [-0.4, -0.2) is 70.6 Å². The highest BCUT2D eigenvalue weighted by molar-refractivity contribution is 8.00. The molecule has 6 aromatic carbocycles. The number of esters is 1. The van der Waals surface area contributed by atoms with Crippen molar-refractivity contribution in [3.63, 3.8) is 0 Å². The highest BCUT2D eigenvalue weighted by Gasteiger charge is 2.41. The van der Waals surface area contributed by atoms with Gasteiger partial charge in [0.25, 0.3) is 0 Å². The Bertz CT molecular complexity index is 2480. The van der Waals surface area contributed by atoms with Crippen LogP contribution in [0.3, 0.4) is 0 Å². The molecule has 0 bridgehead atoms. The minimum atomic E-state index is -1.33. The molecule has 0 radical (unpaired) electrons. The number of aliphatic hydroxyl groups is 1. The first-order chi connectivity index (χ1) is 34.9. The Morgan fingerprint density at radius 2 is 0.958 bits per heavy atom. The van der Waals surface area contributed by atoms with Crippen LogP contribution in [0.4, 0.5) is 0 Å². The van der Waals surface area contributed by atoms with Gasteiger partial charge >= 0.3 is 5.97 Å². The Morgan fingerprint density at radius 3 is 1.36 bits per heavy atom. The lowest BCUT2D eigenvalue weighted by atomic mass is 9.84. The maximum absolute atomic E-state index is 14.7. The van der Waals surface area contributed by atoms with Gasteiger partial charge < -0.3 is 25.8 Å². The molecule has 0 aliphatic carbocycles. The number of cyclic esters (lactones) is 1. The summed E-state index contributed by atoms with van der Waals surface area (Å²) in [6.45, 7) is 7.64. The van der Waals surface area contributed by atoms with E-state index in [-0.39, 0.29) is 30.4 Å². The van der Waals surface area contributed by atoms with Gasteiger partial charge in [-0.15, -0.1) is 23.5 Å². The fourth-order valence-electron chi connectivity index (χ4n) is 9.50. The van der Waals surface area contributed by atoms with Crippen LogP contribution in [0.25, 0.3) is 0 Å². The van der Waals surface area contributed by atoms with Gasteiger partial charge in [0.1, 0.15) is 18.2 Å². The number of carbonyl (C=O) groups is 4. The minimum Gasteiger partial charge on any atom is -0.457 e. The molecule has 5 atom stereocenters. The number of ether oxygens (including phenoxy) is 1. The molecule has 374 valence electrons. The third-order valence-electron chi connectivity index (χ3n) is 13.0. The van der Waals surface area contributed by atoms with Crippen LogP contribution in [0.15, 0.2) is 194 Å². The molecule has 1 heterocycles. The van der Waals surface area contributed by atoms with Crippen LogP contribution in [0.5, 0.6) is 0 Å². The molecule has 1 saturated heterocycles. The SMILES string of the molecule is CC(C)C[C@H]1NC(=O)C[C@@H](/C=C/CCSC(c2ccccc2)(c2ccccc2)c2ccccc2)OC(=O)C[C@@H](O)[C@@H](C(C)C)NC(=O)[C@@H](CSC(c2ccccc2)(c2ccccc2)c2ccccc2)NC1=O. The number of hydrogen-bond donors (Lipinski definition) is 4. The van der Waals surface area contributed by atoms with Gasteiger partial charge in [0, 0.05) is 5.75 Å². The predicted octanol–water partition coefficient (Wildman–Crippen LogP) is 10.6. The van der Waals surface area contributed by atoms with Gasteiger partial charge in [0.05, 0.1) is 34.5 Å². The molecule has 0 saturated carbocycles. The number of amides is 3. The molecular weight excluding hydrogens is 935 g/mol. The Morgan fingerprint density at radius 1 is 0.556 bits per heavy atom. The van der Waals surface area contributed by atoms with Crippen LogP contribution in [0.2, 0.25) is 0 Å². The lowest BCUT2D eigenvalue weighted by Gasteiger charge is -2.37. The van der Waals surface area contributed by atoms with Crippen molar-refractivity contribution in [1.29, 1.82) is 0 Å². The van der Waals surface area contributed by atoms with Crippen LogP contribution in [0, 0.1) is 11.8 Å². The fraction of sp³-hybridized carbons (Fsp3) is 0.311. The number of aliphatic hydroxyl groups excluding tert-OH is 1. The number of thioether (sulfide) groups is 2. The van der Waals surface area contributed by atoms with Crippen molar-refractivity contribution in [1.82, 2.24) is 16.0 Å². The van der Waals surface area contributed by atoms with Crippen molar-refractivity contribution < 1.29 is 29.0 Å². The van der Waals surface area contributed by atoms with Crippen molar-refractivity contribution in [3.05, 3.63) is 228 Å². The minimum absolute atomic E-state index is 0.00653. The second-order valence-corrected chi connectivity index (χ2v) is 21.6. The summed E-state index contributed by atoms with van der Waals surface area (Å²) in [6, 6.07) is 58.5. The number of carbonyl (C=O) groups excluding carboxylic acids is 4. The fourth-order valence-corrected chi connectivity index (χ4v) is 12.5. The lowest BCUT2D eigenvalue weighted by Crippen LogP contribution is -2.58. The van der Waals surface area contributed by atoms with Gasteiger partial charge in [-0.25, -0.2) is 0 Å². The average Bonchev–Trinajstić information content (AvgIpc) is 3.39. The topological polar surface area (TPSA) is 134 Å². The molecule has 11 heteroatoms. The zero-order valence-electron chi connectivity index (χ0n) is 41.6. The van der Waals surface area contributed by atoms with E-state index in [2.05, 4.69) is 125 Å². The average molecular weight is 1000 g/mol. The first-order valence-corrected chi connectivity index (χ1v) is 26.9. The largest absolute Gasteiger partial charge is 0.457 e. The maximum atomic E-state index is 14.7. The Labute approximate surface area is 434 Å². The van der Waals surface area contributed by atoms with Crippen LogP contribution in [-0.2, 0) is 33.4 Å². The van der Waals surface area contributed by atoms with Crippen molar-refractivity contribution in [3.8, 4) is 0 Å². The van der Waals surface area contributed by atoms with Gasteiger partial charge in [0.2, 0.25) is 17.7 Å². The quantitative estimate of drug-likeness (QED) is 0.0307. The van der Waals surface area contributed by atoms with E-state index in [9.17, 15) is 24.3 Å². The maximum Gasteiger partial charge on any atom is 0.309 e. The zero-order chi connectivity index (χ0) is 50.9. The number of allylic oxidation sites excluding steroid dienone is 1. The van der Waals surface area contributed by atoms with Crippen molar-refractivity contribution in [2.24, 2.45) is 11.8 Å². The molecule has 7 rings (SSSR count). The molecular formula is C61H67N3O6S2. The Balaban J connectivity index is 1.16. The molecule has 3 amide bonds. The summed E-state index contributed by atoms with van der Waals surface area (Å²) >= 11 is 3.32. The smallest absolute Gasteiger partial charge is 0.309 e. The molecule has 1 aliphatic rings. The number of nitrogens with one attached hydrogen (secondary N) is 3. The molecule has 4 N–H and O–H groups in total. The summed E-state index contributed by atoms with van der Waals surface area (Å²) in [4.78, 5) is 57.2. The lowest BCUT2D eigenvalue weighted by molar-refractivity contribution is -0.151. The Kier molecular flexibility index (Phi) is 19.1. The number of hydrogen-bond acceptors (Lipinski definition) is 8. The van der Waals surface area contributed by atoms with Gasteiger partial charge in [-0.1, -0.05) is 216 Å². The van der Waals surface area contributed by atoms with Crippen molar-refractivity contribution in [2.45, 2.75) is 93.2 Å². The number of benzene rings is 6. The van der Waals surface area contributed by atoms with Gasteiger partial charge in [0.15, 0.2) is 0 Å². The molecule has 72 heavy (non-hydrogen) atoms. The van der Waals surface area contributed by atoms with Crippen LogP contribution in [0.1, 0.15) is 86.8 Å². The summed E-state index contributed by atoms with van der Waals surface area (Å²) in [6.07, 6.45) is 1.50. The van der Waals surface area contributed by atoms with E-state index in [4.69, 9.17) is 4.74 Å². The highest BCUT2D eigenvalue weighted by atomic mass is 32.2. The molecule has 0 spiro atoms. The van der Waals surface area contributed by atoms with Gasteiger partial charge in [-0.05, 0) is 69.9 Å². The zero-order valence-corrected chi connectivity index (χ0v) is 43.2. The van der Waals surface area contributed by atoms with Gasteiger partial charge in [-0.2, -0.15) is 0 Å². The second-order valence-electron chi connectivity index (χ2n) is 19.0. The molecule has 0 unspecified atom stereocenters. The summed E-state index contributed by atoms with van der Waals surface area (Å²) in [5, 5.41) is 20.7. The third-order valence-corrected chi connectivity index (χ3v) is 16.2. The third kappa shape index (κ3) is 13.4. The second kappa shape index (κ2) is 25.8. The van der Waals surface area contributed by atoms with E-state index in [1.807, 2.05) is 107 Å². The molecule has 1 aliphatic heterocycles. The number of rotatable bonds is 17. The predicted molar refractivity (Wildman–Crippen MR) is 292 cm³/mol. The normalized spacial score (nSPS) is 19.7. The van der Waals surface area contributed by atoms with E-state index in [0.717, 1.165) is 33.4 Å². The molecule has 9 nitrogen and oxygen atoms in total. The van der Waals surface area contributed by atoms with Crippen LogP contribution < -0.4 is 16.0 Å². The van der Waals surface area contributed by atoms with Crippen molar-refractivity contribution >= 4 is 47.2 Å². The van der Waals surface area contributed by atoms with Crippen molar-refractivity contribution in [2.75, 3.05) is 11.5 Å². The summed E-state index contributed by atoms with van der Waals surface area (Å²) < 4.78 is 4.64. The van der Waals surface area contributed by atoms with E-state index in [1.165, 1.54) is 11.8 Å². The van der Waals surface area contributed by atoms with E-state index in [1.54, 1.807) is 17.8 Å². The monoisotopic (exact) mass is 1000 g/mol. The molecule has 0 aromatic heterocycles. The van der Waals surface area contributed by atoms with E-state index in [0.29, 0.717) is 12.2 Å². The molecule has 1 fully saturated rings. The molecule has 6 aromatic rings. The highest BCUT2D eigenvalue weighted by Crippen LogP contribution is 2.50. The van der Waals surface area contributed by atoms with Gasteiger partial charge in [-0.3, -0.25) is 19.2 Å². The summed E-state index contributed by atoms with van der Waals surface area (Å²) in [5.74, 6) is -1.79.